The fraction of sp³-hybridized carbons (Fsp3) is 0.778. The van der Waals surface area contributed by atoms with Crippen molar-refractivity contribution in [1.29, 1.82) is 0 Å². The van der Waals surface area contributed by atoms with E-state index in [4.69, 9.17) is 9.26 Å². The maximum atomic E-state index is 13.0. The summed E-state index contributed by atoms with van der Waals surface area (Å²) in [6, 6.07) is -0.893. The number of nitrogens with zero attached hydrogens (tertiary/aromatic N) is 2. The van der Waals surface area contributed by atoms with Gasteiger partial charge in [0.25, 0.3) is 0 Å². The van der Waals surface area contributed by atoms with E-state index in [0.717, 1.165) is 25.7 Å². The minimum atomic E-state index is -3.90. The lowest BCUT2D eigenvalue weighted by Crippen LogP contribution is -2.62. The zero-order valence-corrected chi connectivity index (χ0v) is 17.5. The van der Waals surface area contributed by atoms with Gasteiger partial charge in [0.1, 0.15) is 10.6 Å². The first-order chi connectivity index (χ1) is 12.4. The van der Waals surface area contributed by atoms with Crippen LogP contribution < -0.4 is 4.72 Å². The van der Waals surface area contributed by atoms with Crippen LogP contribution >= 0.6 is 0 Å². The van der Waals surface area contributed by atoms with Gasteiger partial charge in [-0.05, 0) is 47.5 Å². The molecule has 2 heterocycles. The van der Waals surface area contributed by atoms with Crippen molar-refractivity contribution >= 4 is 15.9 Å². The normalized spacial score (nSPS) is 22.9. The highest BCUT2D eigenvalue weighted by atomic mass is 32.2. The predicted octanol–water partition coefficient (Wildman–Crippen LogP) is 1.91. The molecule has 1 atom stereocenters. The van der Waals surface area contributed by atoms with Gasteiger partial charge in [0.05, 0.1) is 17.2 Å². The molecule has 2 aliphatic rings. The molecule has 1 saturated carbocycles. The van der Waals surface area contributed by atoms with Crippen molar-refractivity contribution in [2.24, 2.45) is 0 Å². The van der Waals surface area contributed by atoms with Crippen molar-refractivity contribution in [3.8, 4) is 0 Å². The van der Waals surface area contributed by atoms with Crippen LogP contribution in [0.3, 0.4) is 0 Å². The van der Waals surface area contributed by atoms with Gasteiger partial charge in [-0.3, -0.25) is 4.79 Å². The molecular weight excluding hydrogens is 370 g/mol. The van der Waals surface area contributed by atoms with Crippen molar-refractivity contribution in [2.45, 2.75) is 82.4 Å². The summed E-state index contributed by atoms with van der Waals surface area (Å²) in [5.74, 6) is -0.0370. The smallest absolute Gasteiger partial charge is 0.246 e. The summed E-state index contributed by atoms with van der Waals surface area (Å²) in [7, 11) is -3.90. The zero-order chi connectivity index (χ0) is 20.0. The number of nitrogens with one attached hydrogen (secondary N) is 1. The Balaban J connectivity index is 1.77. The number of carbonyl (C=O) groups is 1. The molecule has 8 nitrogen and oxygen atoms in total. The Morgan fingerprint density at radius 2 is 1.85 bits per heavy atom. The predicted molar refractivity (Wildman–Crippen MR) is 98.7 cm³/mol. The summed E-state index contributed by atoms with van der Waals surface area (Å²) in [6.45, 7) is 9.57. The Morgan fingerprint density at radius 3 is 2.41 bits per heavy atom. The topological polar surface area (TPSA) is 102 Å². The number of aryl methyl sites for hydroxylation is 2. The summed E-state index contributed by atoms with van der Waals surface area (Å²) < 4.78 is 39.2. The number of amides is 1. The molecule has 1 spiro atoms. The van der Waals surface area contributed by atoms with Crippen molar-refractivity contribution in [3.63, 3.8) is 0 Å². The van der Waals surface area contributed by atoms with Crippen molar-refractivity contribution in [2.75, 3.05) is 13.1 Å². The average molecular weight is 400 g/mol. The summed E-state index contributed by atoms with van der Waals surface area (Å²) in [5.41, 5.74) is -0.493. The second-order valence-electron chi connectivity index (χ2n) is 8.44. The Bertz CT molecular complexity index is 805. The van der Waals surface area contributed by atoms with Gasteiger partial charge < -0.3 is 14.2 Å². The summed E-state index contributed by atoms with van der Waals surface area (Å²) in [6.07, 6.45) is 4.04. The molecule has 1 aliphatic heterocycles. The van der Waals surface area contributed by atoms with E-state index in [9.17, 15) is 13.2 Å². The standard InChI is InChI=1S/C18H29N3O5S/c1-12-15(14(3)25-19-12)27(23,24)20-13(2)16(22)21-10-17(4,5)26-18(11-21)8-6-7-9-18/h13,20H,6-11H2,1-5H3/t13-/m0/s1. The zero-order valence-electron chi connectivity index (χ0n) is 16.7. The molecule has 0 unspecified atom stereocenters. The van der Waals surface area contributed by atoms with Gasteiger partial charge in [0.15, 0.2) is 5.76 Å². The minimum Gasteiger partial charge on any atom is -0.365 e. The van der Waals surface area contributed by atoms with Gasteiger partial charge in [-0.1, -0.05) is 18.0 Å². The molecule has 1 aliphatic carbocycles. The molecule has 1 N–H and O–H groups in total. The monoisotopic (exact) mass is 399 g/mol. The van der Waals surface area contributed by atoms with Crippen LogP contribution in [0.15, 0.2) is 9.42 Å². The molecule has 0 bridgehead atoms. The number of hydrogen-bond donors (Lipinski definition) is 1. The van der Waals surface area contributed by atoms with Crippen LogP contribution in [0.4, 0.5) is 0 Å². The van der Waals surface area contributed by atoms with Crippen molar-refractivity contribution < 1.29 is 22.5 Å². The number of aromatic nitrogens is 1. The largest absolute Gasteiger partial charge is 0.365 e. The van der Waals surface area contributed by atoms with Gasteiger partial charge >= 0.3 is 0 Å². The third-order valence-corrected chi connectivity index (χ3v) is 7.09. The number of rotatable bonds is 4. The first-order valence-electron chi connectivity index (χ1n) is 9.39. The van der Waals surface area contributed by atoms with Crippen LogP contribution in [0.5, 0.6) is 0 Å². The van der Waals surface area contributed by atoms with Gasteiger partial charge in [0.2, 0.25) is 15.9 Å². The first kappa shape index (κ1) is 20.3. The van der Waals surface area contributed by atoms with E-state index in [1.807, 2.05) is 13.8 Å². The van der Waals surface area contributed by atoms with Crippen LogP contribution in [-0.4, -0.2) is 54.7 Å². The van der Waals surface area contributed by atoms with E-state index in [1.54, 1.807) is 18.7 Å². The second kappa shape index (κ2) is 6.86. The van der Waals surface area contributed by atoms with Gasteiger partial charge in [-0.2, -0.15) is 4.72 Å². The number of ether oxygens (including phenoxy) is 1. The van der Waals surface area contributed by atoms with Gasteiger partial charge in [-0.15, -0.1) is 0 Å². The molecule has 3 rings (SSSR count). The summed E-state index contributed by atoms with van der Waals surface area (Å²) in [5, 5.41) is 3.69. The van der Waals surface area contributed by atoms with Crippen molar-refractivity contribution in [1.82, 2.24) is 14.8 Å². The molecule has 27 heavy (non-hydrogen) atoms. The van der Waals surface area contributed by atoms with E-state index in [-0.39, 0.29) is 27.9 Å². The van der Waals surface area contributed by atoms with Crippen LogP contribution in [0.2, 0.25) is 0 Å². The highest BCUT2D eigenvalue weighted by Crippen LogP contribution is 2.40. The highest BCUT2D eigenvalue weighted by Gasteiger charge is 2.47. The molecule has 1 saturated heterocycles. The number of carbonyl (C=O) groups excluding carboxylic acids is 1. The van der Waals surface area contributed by atoms with Crippen LogP contribution in [0, 0.1) is 13.8 Å². The Hall–Kier alpha value is -1.45. The van der Waals surface area contributed by atoms with E-state index in [0.29, 0.717) is 13.1 Å². The third-order valence-electron chi connectivity index (χ3n) is 5.31. The van der Waals surface area contributed by atoms with E-state index in [1.165, 1.54) is 6.92 Å². The summed E-state index contributed by atoms with van der Waals surface area (Å²) >= 11 is 0. The molecule has 9 heteroatoms. The molecular formula is C18H29N3O5S. The fourth-order valence-corrected chi connectivity index (χ4v) is 5.95. The molecule has 0 radical (unpaired) electrons. The van der Waals surface area contributed by atoms with Gasteiger partial charge in [-0.25, -0.2) is 8.42 Å². The van der Waals surface area contributed by atoms with Crippen LogP contribution in [0.1, 0.15) is 57.9 Å². The lowest BCUT2D eigenvalue weighted by molar-refractivity contribution is -0.198. The maximum absolute atomic E-state index is 13.0. The lowest BCUT2D eigenvalue weighted by atomic mass is 9.93. The molecule has 1 amide bonds. The number of morpholine rings is 1. The lowest BCUT2D eigenvalue weighted by Gasteiger charge is -2.49. The maximum Gasteiger partial charge on any atom is 0.246 e. The Labute approximate surface area is 160 Å². The Morgan fingerprint density at radius 1 is 1.22 bits per heavy atom. The molecule has 2 fully saturated rings. The second-order valence-corrected chi connectivity index (χ2v) is 10.1. The van der Waals surface area contributed by atoms with Crippen LogP contribution in [-0.2, 0) is 19.6 Å². The average Bonchev–Trinajstić information content (AvgIpc) is 3.11. The Kier molecular flexibility index (Phi) is 5.15. The first-order valence-corrected chi connectivity index (χ1v) is 10.9. The van der Waals surface area contributed by atoms with E-state index in [2.05, 4.69) is 9.88 Å². The fourth-order valence-electron chi connectivity index (χ4n) is 4.42. The quantitative estimate of drug-likeness (QED) is 0.830. The van der Waals surface area contributed by atoms with E-state index >= 15 is 0 Å². The molecule has 1 aromatic rings. The molecule has 152 valence electrons. The summed E-state index contributed by atoms with van der Waals surface area (Å²) in [4.78, 5) is 14.8. The molecule has 0 aromatic carbocycles. The number of sulfonamides is 1. The SMILES string of the molecule is Cc1noc(C)c1S(=O)(=O)N[C@@H](C)C(=O)N1CC(C)(C)OC2(CCCC2)C1. The molecule has 1 aromatic heterocycles. The third kappa shape index (κ3) is 4.05. The van der Waals surface area contributed by atoms with Gasteiger partial charge in [0, 0.05) is 13.1 Å². The van der Waals surface area contributed by atoms with E-state index < -0.39 is 21.7 Å². The minimum absolute atomic E-state index is 0.00304. The van der Waals surface area contributed by atoms with Crippen molar-refractivity contribution in [3.05, 3.63) is 11.5 Å². The highest BCUT2D eigenvalue weighted by molar-refractivity contribution is 7.89. The number of hydrogen-bond acceptors (Lipinski definition) is 6. The van der Waals surface area contributed by atoms with Crippen LogP contribution in [0.25, 0.3) is 0 Å².